The fraction of sp³-hybridized carbons (Fsp3) is 0.800. The van der Waals surface area contributed by atoms with Crippen LogP contribution in [0.1, 0.15) is 20.3 Å². The lowest BCUT2D eigenvalue weighted by Gasteiger charge is -2.20. The Labute approximate surface area is 115 Å². The van der Waals surface area contributed by atoms with Crippen molar-refractivity contribution < 1.29 is 14.3 Å². The van der Waals surface area contributed by atoms with Crippen LogP contribution in [0.4, 0.5) is 4.79 Å². The Bertz CT molecular complexity index is 270. The first kappa shape index (κ1) is 16.8. The Morgan fingerprint density at radius 2 is 2.24 bits per heavy atom. The van der Waals surface area contributed by atoms with E-state index in [9.17, 15) is 4.79 Å². The van der Waals surface area contributed by atoms with Gasteiger partial charge in [0.2, 0.25) is 0 Å². The minimum atomic E-state index is -0.714. The number of carbonyl (C=O) groups excluding carboxylic acids is 1. The van der Waals surface area contributed by atoms with Gasteiger partial charge in [-0.2, -0.15) is 4.99 Å². The molecule has 0 aliphatic heterocycles. The summed E-state index contributed by atoms with van der Waals surface area (Å²) in [6, 6.07) is 0. The molecule has 0 bridgehead atoms. The lowest BCUT2D eigenvalue weighted by atomic mass is 10.1. The van der Waals surface area contributed by atoms with Gasteiger partial charge in [-0.1, -0.05) is 41.9 Å². The van der Waals surface area contributed by atoms with E-state index in [1.807, 2.05) is 6.26 Å². The Morgan fingerprint density at radius 3 is 2.76 bits per heavy atom. The highest BCUT2D eigenvalue weighted by Crippen LogP contribution is 2.30. The summed E-state index contributed by atoms with van der Waals surface area (Å²) in [5, 5.41) is 2.38. The van der Waals surface area contributed by atoms with E-state index in [1.54, 1.807) is 21.6 Å². The average Bonchev–Trinajstić information content (AvgIpc) is 2.33. The molecule has 0 saturated carbocycles. The SMILES string of the molecule is CCC(C)C(COC(=O)OCN=C=S)SSC. The number of isothiocyanates is 1. The zero-order valence-electron chi connectivity index (χ0n) is 10.2. The molecule has 7 heteroatoms. The predicted octanol–water partition coefficient (Wildman–Crippen LogP) is 3.63. The van der Waals surface area contributed by atoms with Crippen molar-refractivity contribution in [3.05, 3.63) is 0 Å². The van der Waals surface area contributed by atoms with Gasteiger partial charge in [0.25, 0.3) is 0 Å². The van der Waals surface area contributed by atoms with Crippen molar-refractivity contribution in [1.29, 1.82) is 0 Å². The molecule has 98 valence electrons. The van der Waals surface area contributed by atoms with E-state index < -0.39 is 6.16 Å². The molecule has 0 aliphatic rings. The molecule has 0 fully saturated rings. The number of nitrogens with zero attached hydrogens (tertiary/aromatic N) is 1. The first-order chi connectivity index (χ1) is 8.15. The molecule has 0 aromatic rings. The number of hydrogen-bond donors (Lipinski definition) is 0. The monoisotopic (exact) mass is 295 g/mol. The van der Waals surface area contributed by atoms with Crippen molar-refractivity contribution in [2.45, 2.75) is 25.5 Å². The van der Waals surface area contributed by atoms with Crippen LogP contribution in [0.5, 0.6) is 0 Å². The summed E-state index contributed by atoms with van der Waals surface area (Å²) >= 11 is 4.34. The molecule has 2 unspecified atom stereocenters. The van der Waals surface area contributed by atoms with Crippen LogP contribution in [0, 0.1) is 5.92 Å². The van der Waals surface area contributed by atoms with E-state index in [-0.39, 0.29) is 12.0 Å². The van der Waals surface area contributed by atoms with E-state index in [2.05, 4.69) is 41.0 Å². The molecule has 17 heavy (non-hydrogen) atoms. The summed E-state index contributed by atoms with van der Waals surface area (Å²) in [5.74, 6) is 0.485. The van der Waals surface area contributed by atoms with Gasteiger partial charge in [0.15, 0.2) is 6.73 Å². The molecule has 2 atom stereocenters. The number of ether oxygens (including phenoxy) is 2. The van der Waals surface area contributed by atoms with Gasteiger partial charge in [0, 0.05) is 0 Å². The van der Waals surface area contributed by atoms with Crippen LogP contribution in [-0.4, -0.2) is 36.2 Å². The average molecular weight is 295 g/mol. The van der Waals surface area contributed by atoms with Gasteiger partial charge in [-0.3, -0.25) is 0 Å². The van der Waals surface area contributed by atoms with Gasteiger partial charge in [-0.15, -0.1) is 0 Å². The summed E-state index contributed by atoms with van der Waals surface area (Å²) in [4.78, 5) is 14.6. The molecule has 0 heterocycles. The van der Waals surface area contributed by atoms with Crippen molar-refractivity contribution in [3.63, 3.8) is 0 Å². The van der Waals surface area contributed by atoms with Gasteiger partial charge in [0.05, 0.1) is 10.4 Å². The lowest BCUT2D eigenvalue weighted by Crippen LogP contribution is -2.22. The molecule has 0 aromatic heterocycles. The molecule has 0 N–H and O–H groups in total. The second-order valence-electron chi connectivity index (χ2n) is 3.27. The summed E-state index contributed by atoms with van der Waals surface area (Å²) < 4.78 is 9.66. The third-order valence-electron chi connectivity index (χ3n) is 2.18. The molecule has 0 amide bonds. The number of aliphatic imine (C=N–C) groups is 1. The van der Waals surface area contributed by atoms with E-state index in [1.165, 1.54) is 0 Å². The van der Waals surface area contributed by atoms with Crippen molar-refractivity contribution in [1.82, 2.24) is 0 Å². The van der Waals surface area contributed by atoms with Gasteiger partial charge in [0.1, 0.15) is 6.61 Å². The first-order valence-corrected chi connectivity index (χ1v) is 8.21. The van der Waals surface area contributed by atoms with Crippen LogP contribution >= 0.6 is 33.8 Å². The van der Waals surface area contributed by atoms with Crippen LogP contribution in [0.25, 0.3) is 0 Å². The molecule has 4 nitrogen and oxygen atoms in total. The highest BCUT2D eigenvalue weighted by atomic mass is 33.1. The fourth-order valence-electron chi connectivity index (χ4n) is 0.977. The molecule has 0 aromatic carbocycles. The Hall–Kier alpha value is -0.230. The van der Waals surface area contributed by atoms with Crippen LogP contribution in [-0.2, 0) is 9.47 Å². The summed E-state index contributed by atoms with van der Waals surface area (Å²) in [6.07, 6.45) is 2.34. The predicted molar refractivity (Wildman–Crippen MR) is 76.7 cm³/mol. The van der Waals surface area contributed by atoms with E-state index in [0.29, 0.717) is 12.5 Å². The van der Waals surface area contributed by atoms with Gasteiger partial charge >= 0.3 is 6.16 Å². The second-order valence-corrected chi connectivity index (χ2v) is 6.16. The van der Waals surface area contributed by atoms with Crippen LogP contribution in [0.3, 0.4) is 0 Å². The quantitative estimate of drug-likeness (QED) is 0.295. The van der Waals surface area contributed by atoms with E-state index in [0.717, 1.165) is 6.42 Å². The zero-order valence-corrected chi connectivity index (χ0v) is 12.6. The van der Waals surface area contributed by atoms with Gasteiger partial charge in [-0.25, -0.2) is 4.79 Å². The molecule has 0 rings (SSSR count). The minimum absolute atomic E-state index is 0.133. The topological polar surface area (TPSA) is 47.9 Å². The number of hydrogen-bond acceptors (Lipinski definition) is 7. The molecular weight excluding hydrogens is 278 g/mol. The van der Waals surface area contributed by atoms with Crippen LogP contribution < -0.4 is 0 Å². The summed E-state index contributed by atoms with van der Waals surface area (Å²) in [6.45, 7) is 4.47. The third kappa shape index (κ3) is 8.49. The standard InChI is InChI=1S/C10H17NO3S3/c1-4-8(2)9(17-16-3)5-13-10(12)14-6-11-7-15/h8-9H,4-6H2,1-3H3. The molecule has 0 spiro atoms. The zero-order chi connectivity index (χ0) is 13.1. The fourth-order valence-corrected chi connectivity index (χ4v) is 3.26. The third-order valence-corrected chi connectivity index (χ3v) is 4.66. The number of carbonyl (C=O) groups is 1. The summed E-state index contributed by atoms with van der Waals surface area (Å²) in [5.41, 5.74) is 0. The lowest BCUT2D eigenvalue weighted by molar-refractivity contribution is 0.0555. The Morgan fingerprint density at radius 1 is 1.53 bits per heavy atom. The normalized spacial score (nSPS) is 13.4. The number of rotatable bonds is 8. The van der Waals surface area contributed by atoms with Crippen molar-refractivity contribution >= 4 is 45.1 Å². The smallest absolute Gasteiger partial charge is 0.433 e. The maximum absolute atomic E-state index is 11.2. The Balaban J connectivity index is 3.94. The second kappa shape index (κ2) is 10.9. The highest BCUT2D eigenvalue weighted by molar-refractivity contribution is 8.76. The first-order valence-electron chi connectivity index (χ1n) is 5.18. The van der Waals surface area contributed by atoms with Crippen molar-refractivity contribution in [3.8, 4) is 0 Å². The van der Waals surface area contributed by atoms with E-state index in [4.69, 9.17) is 4.74 Å². The molecule has 0 saturated heterocycles. The molecule has 0 radical (unpaired) electrons. The van der Waals surface area contributed by atoms with Crippen molar-refractivity contribution in [2.24, 2.45) is 10.9 Å². The molecule has 0 aliphatic carbocycles. The largest absolute Gasteiger partial charge is 0.510 e. The van der Waals surface area contributed by atoms with E-state index >= 15 is 0 Å². The van der Waals surface area contributed by atoms with Gasteiger partial charge in [-0.05, 0) is 24.4 Å². The maximum atomic E-state index is 11.2. The van der Waals surface area contributed by atoms with Crippen LogP contribution in [0.15, 0.2) is 4.99 Å². The van der Waals surface area contributed by atoms with Crippen molar-refractivity contribution in [2.75, 3.05) is 19.6 Å². The van der Waals surface area contributed by atoms with Gasteiger partial charge < -0.3 is 9.47 Å². The highest BCUT2D eigenvalue weighted by Gasteiger charge is 2.18. The Kier molecular flexibility index (Phi) is 10.7. The number of thiocarbonyl (C=S) groups is 1. The summed E-state index contributed by atoms with van der Waals surface area (Å²) in [7, 11) is 3.38. The van der Waals surface area contributed by atoms with Crippen LogP contribution in [0.2, 0.25) is 0 Å². The molecular formula is C10H17NO3S3. The minimum Gasteiger partial charge on any atom is -0.433 e. The maximum Gasteiger partial charge on any atom is 0.510 e.